The van der Waals surface area contributed by atoms with Gasteiger partial charge in [0.1, 0.15) is 0 Å². The Morgan fingerprint density at radius 1 is 1.50 bits per heavy atom. The molecule has 0 saturated carbocycles. The molecule has 2 N–H and O–H groups in total. The Kier molecular flexibility index (Phi) is 1.84. The summed E-state index contributed by atoms with van der Waals surface area (Å²) in [6.07, 6.45) is 1.35. The number of hydrogen-bond donors (Lipinski definition) is 1. The monoisotopic (exact) mass is 195 g/mol. The van der Waals surface area contributed by atoms with Gasteiger partial charge in [-0.25, -0.2) is 0 Å². The lowest BCUT2D eigenvalue weighted by Gasteiger charge is -2.15. The van der Waals surface area contributed by atoms with E-state index in [2.05, 4.69) is 6.58 Å². The van der Waals surface area contributed by atoms with E-state index in [1.54, 1.807) is 18.2 Å². The largest absolute Gasteiger partial charge is 0.422 e. The molecule has 0 aliphatic carbocycles. The smallest absolute Gasteiger partial charge is 0.411 e. The second-order valence-corrected chi connectivity index (χ2v) is 3.03. The molecule has 0 saturated heterocycles. The highest BCUT2D eigenvalue weighted by Crippen LogP contribution is 2.45. The molecule has 1 atom stereocenters. The Hall–Kier alpha value is -1.71. The first-order valence-corrected chi connectivity index (χ1v) is 4.21. The predicted octanol–water partition coefficient (Wildman–Crippen LogP) is 2.24. The van der Waals surface area contributed by atoms with Crippen molar-refractivity contribution in [3.63, 3.8) is 0 Å². The lowest BCUT2D eigenvalue weighted by Crippen LogP contribution is -2.32. The highest BCUT2D eigenvalue weighted by molar-refractivity contribution is 5.61. The van der Waals surface area contributed by atoms with E-state index >= 15 is 0 Å². The Morgan fingerprint density at radius 3 is 2.93 bits per heavy atom. The molecule has 4 heteroatoms. The van der Waals surface area contributed by atoms with Gasteiger partial charge < -0.3 is 15.2 Å². The third-order valence-electron chi connectivity index (χ3n) is 1.91. The molecule has 1 aromatic carbocycles. The first-order chi connectivity index (χ1) is 6.64. The van der Waals surface area contributed by atoms with Crippen LogP contribution in [0.5, 0.6) is 11.5 Å². The van der Waals surface area contributed by atoms with Crippen LogP contribution in [0.15, 0.2) is 30.9 Å². The fourth-order valence-electron chi connectivity index (χ4n) is 1.32. The molecule has 0 fully saturated rings. The summed E-state index contributed by atoms with van der Waals surface area (Å²) in [5.41, 5.74) is 5.96. The third-order valence-corrected chi connectivity index (χ3v) is 1.91. The van der Waals surface area contributed by atoms with Crippen molar-refractivity contribution >= 4 is 5.69 Å². The van der Waals surface area contributed by atoms with Gasteiger partial charge in [-0.1, -0.05) is 12.1 Å². The van der Waals surface area contributed by atoms with Crippen LogP contribution in [-0.4, -0.2) is 6.04 Å². The lowest BCUT2D eigenvalue weighted by atomic mass is 10.3. The molecule has 1 aliphatic rings. The lowest BCUT2D eigenvalue weighted by molar-refractivity contribution is -0.186. The first kappa shape index (κ1) is 8.87. The molecule has 1 aromatic rings. The van der Waals surface area contributed by atoms with Crippen molar-refractivity contribution in [2.45, 2.75) is 12.5 Å². The first-order valence-electron chi connectivity index (χ1n) is 4.21. The second-order valence-electron chi connectivity index (χ2n) is 3.03. The average molecular weight is 195 g/mol. The molecular weight excluding hydrogens is 185 g/mol. The van der Waals surface area contributed by atoms with E-state index in [1.807, 2.05) is 0 Å². The third kappa shape index (κ3) is 1.28. The number of para-hydroxylation sites is 1. The number of nitrogen functional groups attached to an aromatic ring is 1. The molecule has 0 aromatic heterocycles. The van der Waals surface area contributed by atoms with Crippen molar-refractivity contribution in [2.24, 2.45) is 0 Å². The predicted molar refractivity (Wildman–Crippen MR) is 50.8 cm³/mol. The quantitative estimate of drug-likeness (QED) is 0.581. The van der Waals surface area contributed by atoms with Crippen LogP contribution in [0.1, 0.15) is 6.42 Å². The maximum atomic E-state index is 13.7. The van der Waals surface area contributed by atoms with E-state index in [4.69, 9.17) is 15.2 Å². The van der Waals surface area contributed by atoms with Gasteiger partial charge in [0, 0.05) is 0 Å². The van der Waals surface area contributed by atoms with E-state index < -0.39 is 6.04 Å². The topological polar surface area (TPSA) is 44.5 Å². The van der Waals surface area contributed by atoms with Gasteiger partial charge in [0.2, 0.25) is 0 Å². The number of alkyl halides is 1. The van der Waals surface area contributed by atoms with Gasteiger partial charge in [-0.2, -0.15) is 4.39 Å². The number of ether oxygens (including phenoxy) is 2. The number of fused-ring (bicyclic) bond motifs is 1. The van der Waals surface area contributed by atoms with E-state index in [1.165, 1.54) is 6.08 Å². The maximum absolute atomic E-state index is 13.7. The minimum absolute atomic E-state index is 0.0406. The van der Waals surface area contributed by atoms with Crippen LogP contribution < -0.4 is 15.2 Å². The molecule has 0 radical (unpaired) electrons. The van der Waals surface area contributed by atoms with Crippen molar-refractivity contribution in [3.05, 3.63) is 30.9 Å². The number of hydrogen-bond acceptors (Lipinski definition) is 3. The zero-order valence-corrected chi connectivity index (χ0v) is 7.50. The summed E-state index contributed by atoms with van der Waals surface area (Å²) in [7, 11) is 0. The van der Waals surface area contributed by atoms with E-state index in [9.17, 15) is 4.39 Å². The van der Waals surface area contributed by atoms with E-state index in [0.29, 0.717) is 11.4 Å². The van der Waals surface area contributed by atoms with Crippen molar-refractivity contribution < 1.29 is 13.9 Å². The van der Waals surface area contributed by atoms with Crippen molar-refractivity contribution in [3.8, 4) is 11.5 Å². The molecule has 3 nitrogen and oxygen atoms in total. The molecule has 0 bridgehead atoms. The number of anilines is 1. The summed E-state index contributed by atoms with van der Waals surface area (Å²) in [4.78, 5) is 0. The number of benzene rings is 1. The average Bonchev–Trinajstić information content (AvgIpc) is 2.44. The zero-order chi connectivity index (χ0) is 10.2. The van der Waals surface area contributed by atoms with Gasteiger partial charge in [-0.3, -0.25) is 0 Å². The van der Waals surface area contributed by atoms with Crippen molar-refractivity contribution in [2.75, 3.05) is 5.73 Å². The fourth-order valence-corrected chi connectivity index (χ4v) is 1.32. The molecular formula is C10H10FNO2. The van der Waals surface area contributed by atoms with Gasteiger partial charge >= 0.3 is 6.04 Å². The molecule has 14 heavy (non-hydrogen) atoms. The molecule has 1 unspecified atom stereocenters. The highest BCUT2D eigenvalue weighted by Gasteiger charge is 2.41. The van der Waals surface area contributed by atoms with Gasteiger partial charge in [0.05, 0.1) is 12.1 Å². The number of nitrogens with two attached hydrogens (primary N) is 1. The fraction of sp³-hybridized carbons (Fsp3) is 0.200. The van der Waals surface area contributed by atoms with Gasteiger partial charge in [0.15, 0.2) is 11.5 Å². The Bertz CT molecular complexity index is 380. The summed E-state index contributed by atoms with van der Waals surface area (Å²) in [5, 5.41) is 0. The normalized spacial score (nSPS) is 23.5. The standard InChI is InChI=1S/C10H10FNO2/c1-2-6-10(11)13-8-5-3-4-7(12)9(8)14-10/h2-5H,1,6,12H2. The highest BCUT2D eigenvalue weighted by atomic mass is 19.2. The van der Waals surface area contributed by atoms with Crippen LogP contribution in [-0.2, 0) is 0 Å². The summed E-state index contributed by atoms with van der Waals surface area (Å²) >= 11 is 0. The van der Waals surface area contributed by atoms with Gasteiger partial charge in [-0.05, 0) is 12.1 Å². The van der Waals surface area contributed by atoms with Crippen molar-refractivity contribution in [1.82, 2.24) is 0 Å². The summed E-state index contributed by atoms with van der Waals surface area (Å²) in [6, 6.07) is 2.76. The Morgan fingerprint density at radius 2 is 2.29 bits per heavy atom. The maximum Gasteiger partial charge on any atom is 0.411 e. The van der Waals surface area contributed by atoms with Crippen LogP contribution >= 0.6 is 0 Å². The zero-order valence-electron chi connectivity index (χ0n) is 7.50. The molecule has 74 valence electrons. The molecule has 0 amide bonds. The van der Waals surface area contributed by atoms with Gasteiger partial charge in [0.25, 0.3) is 0 Å². The Balaban J connectivity index is 2.33. The van der Waals surface area contributed by atoms with Crippen LogP contribution in [0, 0.1) is 0 Å². The summed E-state index contributed by atoms with van der Waals surface area (Å²) < 4.78 is 23.7. The van der Waals surface area contributed by atoms with Crippen LogP contribution in [0.25, 0.3) is 0 Å². The SMILES string of the molecule is C=CCC1(F)Oc2cccc(N)c2O1. The van der Waals surface area contributed by atoms with E-state index in [-0.39, 0.29) is 12.2 Å². The molecule has 1 aliphatic heterocycles. The minimum Gasteiger partial charge on any atom is -0.422 e. The Labute approximate surface area is 80.9 Å². The van der Waals surface area contributed by atoms with Crippen LogP contribution in [0.2, 0.25) is 0 Å². The van der Waals surface area contributed by atoms with Crippen LogP contribution in [0.3, 0.4) is 0 Å². The van der Waals surface area contributed by atoms with Gasteiger partial charge in [-0.15, -0.1) is 6.58 Å². The minimum atomic E-state index is -2.15. The van der Waals surface area contributed by atoms with Crippen LogP contribution in [0.4, 0.5) is 10.1 Å². The molecule has 1 heterocycles. The molecule has 0 spiro atoms. The number of rotatable bonds is 2. The van der Waals surface area contributed by atoms with E-state index in [0.717, 1.165) is 0 Å². The molecule has 2 rings (SSSR count). The number of halogens is 1. The summed E-state index contributed by atoms with van der Waals surface area (Å²) in [5.74, 6) is 0.589. The summed E-state index contributed by atoms with van der Waals surface area (Å²) in [6.45, 7) is 3.42. The second kappa shape index (κ2) is 2.90. The van der Waals surface area contributed by atoms with Crippen molar-refractivity contribution in [1.29, 1.82) is 0 Å².